The topological polar surface area (TPSA) is 63.2 Å². The van der Waals surface area contributed by atoms with Gasteiger partial charge in [0.1, 0.15) is 11.6 Å². The summed E-state index contributed by atoms with van der Waals surface area (Å²) in [4.78, 5) is 17.1. The lowest BCUT2D eigenvalue weighted by molar-refractivity contribution is 0.0573. The number of fused-ring (bicyclic) bond motifs is 1. The lowest BCUT2D eigenvalue weighted by atomic mass is 10.0. The lowest BCUT2D eigenvalue weighted by Crippen LogP contribution is -2.26. The fourth-order valence-corrected chi connectivity index (χ4v) is 4.97. The number of nitrogens with one attached hydrogen (secondary N) is 1. The summed E-state index contributed by atoms with van der Waals surface area (Å²) in [7, 11) is 4.03. The molecular weight excluding hydrogens is 422 g/mol. The number of nitrogens with zero attached hydrogens (tertiary/aromatic N) is 4. The highest BCUT2D eigenvalue weighted by molar-refractivity contribution is 5.68. The van der Waals surface area contributed by atoms with Gasteiger partial charge in [0.25, 0.3) is 0 Å². The molecule has 0 radical (unpaired) electrons. The average Bonchev–Trinajstić information content (AvgIpc) is 3.62. The molecule has 0 spiro atoms. The molecule has 1 saturated carbocycles. The summed E-state index contributed by atoms with van der Waals surface area (Å²) >= 11 is 0. The number of ether oxygens (including phenoxy) is 1. The predicted molar refractivity (Wildman–Crippen MR) is 138 cm³/mol. The molecule has 6 nitrogen and oxygen atoms in total. The standard InChI is InChI=1S/C28H35N5O/c1-6-22-26(21-16-29-24(33(4)5)14-17(21)3)31-25(18-12-13-18)28(30-22)32-27-20-11-9-8-10-19(20)15-23(27)34-7-2/h8-11,14,16,18,23,27H,6-7,12-13,15H2,1-5H3,(H,30,32)/t23-,27+/m0/s1. The van der Waals surface area contributed by atoms with E-state index in [1.54, 1.807) is 0 Å². The Kier molecular flexibility index (Phi) is 6.26. The van der Waals surface area contributed by atoms with E-state index in [1.165, 1.54) is 29.5 Å². The number of benzene rings is 1. The van der Waals surface area contributed by atoms with Gasteiger partial charge in [0.05, 0.1) is 29.2 Å². The third kappa shape index (κ3) is 4.27. The Balaban J connectivity index is 1.56. The van der Waals surface area contributed by atoms with Crippen LogP contribution in [0.25, 0.3) is 11.3 Å². The smallest absolute Gasteiger partial charge is 0.148 e. The Morgan fingerprint density at radius 3 is 2.59 bits per heavy atom. The van der Waals surface area contributed by atoms with E-state index in [4.69, 9.17) is 14.7 Å². The maximum absolute atomic E-state index is 6.16. The highest BCUT2D eigenvalue weighted by Crippen LogP contribution is 2.45. The monoisotopic (exact) mass is 457 g/mol. The lowest BCUT2D eigenvalue weighted by Gasteiger charge is -2.24. The van der Waals surface area contributed by atoms with Crippen molar-refractivity contribution >= 4 is 11.6 Å². The number of rotatable bonds is 8. The van der Waals surface area contributed by atoms with Gasteiger partial charge in [0.2, 0.25) is 0 Å². The van der Waals surface area contributed by atoms with Crippen molar-refractivity contribution in [3.05, 3.63) is 64.6 Å². The van der Waals surface area contributed by atoms with Gasteiger partial charge in [-0.2, -0.15) is 0 Å². The molecule has 2 aliphatic rings. The molecule has 0 aliphatic heterocycles. The first-order valence-electron chi connectivity index (χ1n) is 12.5. The van der Waals surface area contributed by atoms with Crippen molar-refractivity contribution in [2.24, 2.45) is 0 Å². The van der Waals surface area contributed by atoms with Crippen molar-refractivity contribution < 1.29 is 4.74 Å². The zero-order valence-corrected chi connectivity index (χ0v) is 20.9. The highest BCUT2D eigenvalue weighted by Gasteiger charge is 2.36. The van der Waals surface area contributed by atoms with Crippen LogP contribution in [-0.2, 0) is 17.6 Å². The average molecular weight is 458 g/mol. The van der Waals surface area contributed by atoms with Crippen LogP contribution < -0.4 is 10.2 Å². The first-order chi connectivity index (χ1) is 16.5. The predicted octanol–water partition coefficient (Wildman–Crippen LogP) is 5.47. The van der Waals surface area contributed by atoms with E-state index in [0.717, 1.165) is 47.1 Å². The largest absolute Gasteiger partial charge is 0.376 e. The van der Waals surface area contributed by atoms with Crippen LogP contribution in [-0.4, -0.2) is 41.8 Å². The molecule has 6 heteroatoms. The Bertz CT molecular complexity index is 1190. The number of anilines is 2. The van der Waals surface area contributed by atoms with E-state index in [2.05, 4.69) is 61.4 Å². The molecule has 34 heavy (non-hydrogen) atoms. The third-order valence-electron chi connectivity index (χ3n) is 6.96. The molecule has 178 valence electrons. The van der Waals surface area contributed by atoms with Crippen molar-refractivity contribution in [1.82, 2.24) is 15.0 Å². The number of hydrogen-bond donors (Lipinski definition) is 1. The summed E-state index contributed by atoms with van der Waals surface area (Å²) < 4.78 is 6.16. The van der Waals surface area contributed by atoms with Crippen LogP contribution in [0.1, 0.15) is 66.7 Å². The van der Waals surface area contributed by atoms with Gasteiger partial charge in [-0.3, -0.25) is 0 Å². The summed E-state index contributed by atoms with van der Waals surface area (Å²) in [5.74, 6) is 2.34. The van der Waals surface area contributed by atoms with Gasteiger partial charge in [0, 0.05) is 44.8 Å². The van der Waals surface area contributed by atoms with Gasteiger partial charge in [-0.05, 0) is 55.9 Å². The van der Waals surface area contributed by atoms with E-state index >= 15 is 0 Å². The number of aryl methyl sites for hydroxylation is 2. The number of hydrogen-bond acceptors (Lipinski definition) is 6. The fourth-order valence-electron chi connectivity index (χ4n) is 4.97. The first-order valence-corrected chi connectivity index (χ1v) is 12.5. The molecule has 0 amide bonds. The second kappa shape index (κ2) is 9.34. The summed E-state index contributed by atoms with van der Waals surface area (Å²) in [6, 6.07) is 10.9. The molecule has 2 atom stereocenters. The van der Waals surface area contributed by atoms with Gasteiger partial charge >= 0.3 is 0 Å². The molecule has 0 saturated heterocycles. The van der Waals surface area contributed by atoms with E-state index in [-0.39, 0.29) is 12.1 Å². The van der Waals surface area contributed by atoms with E-state index in [1.807, 2.05) is 25.2 Å². The zero-order valence-electron chi connectivity index (χ0n) is 20.9. The highest BCUT2D eigenvalue weighted by atomic mass is 16.5. The van der Waals surface area contributed by atoms with Crippen molar-refractivity contribution in [3.63, 3.8) is 0 Å². The van der Waals surface area contributed by atoms with E-state index < -0.39 is 0 Å². The summed E-state index contributed by atoms with van der Waals surface area (Å²) in [6.45, 7) is 7.05. The van der Waals surface area contributed by atoms with Gasteiger partial charge in [-0.15, -0.1) is 0 Å². The van der Waals surface area contributed by atoms with Gasteiger partial charge < -0.3 is 15.0 Å². The molecule has 1 aromatic carbocycles. The summed E-state index contributed by atoms with van der Waals surface area (Å²) in [6.07, 6.45) is 6.13. The minimum Gasteiger partial charge on any atom is -0.376 e. The second-order valence-electron chi connectivity index (χ2n) is 9.65. The summed E-state index contributed by atoms with van der Waals surface area (Å²) in [5.41, 5.74) is 7.98. The third-order valence-corrected chi connectivity index (χ3v) is 6.96. The molecule has 0 unspecified atom stereocenters. The summed E-state index contributed by atoms with van der Waals surface area (Å²) in [5, 5.41) is 3.79. The minimum atomic E-state index is 0.0845. The van der Waals surface area contributed by atoms with Gasteiger partial charge in [-0.1, -0.05) is 31.2 Å². The van der Waals surface area contributed by atoms with Crippen molar-refractivity contribution in [1.29, 1.82) is 0 Å². The van der Waals surface area contributed by atoms with Crippen molar-refractivity contribution in [2.75, 3.05) is 30.9 Å². The molecule has 2 heterocycles. The Hall–Kier alpha value is -2.99. The van der Waals surface area contributed by atoms with Crippen LogP contribution in [0.3, 0.4) is 0 Å². The zero-order chi connectivity index (χ0) is 23.8. The Morgan fingerprint density at radius 2 is 1.91 bits per heavy atom. The van der Waals surface area contributed by atoms with Crippen LogP contribution in [0.2, 0.25) is 0 Å². The molecule has 2 aromatic heterocycles. The van der Waals surface area contributed by atoms with Crippen LogP contribution in [0.5, 0.6) is 0 Å². The van der Waals surface area contributed by atoms with Gasteiger partial charge in [0.15, 0.2) is 0 Å². The quantitative estimate of drug-likeness (QED) is 0.484. The first kappa shape index (κ1) is 22.8. The minimum absolute atomic E-state index is 0.0845. The van der Waals surface area contributed by atoms with Crippen LogP contribution in [0.4, 0.5) is 11.6 Å². The Morgan fingerprint density at radius 1 is 1.12 bits per heavy atom. The Labute approximate surface area is 202 Å². The molecule has 1 N–H and O–H groups in total. The number of pyridine rings is 1. The van der Waals surface area contributed by atoms with Crippen LogP contribution in [0, 0.1) is 6.92 Å². The van der Waals surface area contributed by atoms with Crippen molar-refractivity contribution in [2.45, 2.75) is 64.5 Å². The normalized spacial score (nSPS) is 19.2. The molecule has 1 fully saturated rings. The molecular formula is C28H35N5O. The molecule has 3 aromatic rings. The SMILES string of the molecule is CCO[C@H]1Cc2ccccc2[C@H]1Nc1nc(CC)c(-c2cnc(N(C)C)cc2C)nc1C1CC1. The van der Waals surface area contributed by atoms with Crippen LogP contribution in [0.15, 0.2) is 36.5 Å². The van der Waals surface area contributed by atoms with E-state index in [9.17, 15) is 0 Å². The maximum Gasteiger partial charge on any atom is 0.148 e. The molecule has 0 bridgehead atoms. The molecule has 2 aliphatic carbocycles. The fraction of sp³-hybridized carbons (Fsp3) is 0.464. The second-order valence-corrected chi connectivity index (χ2v) is 9.65. The number of aromatic nitrogens is 3. The maximum atomic E-state index is 6.16. The van der Waals surface area contributed by atoms with E-state index in [0.29, 0.717) is 12.5 Å². The van der Waals surface area contributed by atoms with Crippen molar-refractivity contribution in [3.8, 4) is 11.3 Å². The van der Waals surface area contributed by atoms with Crippen LogP contribution >= 0.6 is 0 Å². The molecule has 5 rings (SSSR count). The van der Waals surface area contributed by atoms with Gasteiger partial charge in [-0.25, -0.2) is 15.0 Å².